The first-order valence-electron chi connectivity index (χ1n) is 5.67. The van der Waals surface area contributed by atoms with Gasteiger partial charge in [0.05, 0.1) is 6.04 Å². The molecular formula is C14H21N. The van der Waals surface area contributed by atoms with Crippen LogP contribution < -0.4 is 5.32 Å². The van der Waals surface area contributed by atoms with Crippen molar-refractivity contribution in [3.63, 3.8) is 0 Å². The number of benzene rings is 1. The van der Waals surface area contributed by atoms with E-state index in [-0.39, 0.29) is 0 Å². The second-order valence-electron chi connectivity index (χ2n) is 3.89. The minimum Gasteiger partial charge on any atom is -0.307 e. The van der Waals surface area contributed by atoms with Gasteiger partial charge in [-0.15, -0.1) is 0 Å². The quantitative estimate of drug-likeness (QED) is 0.722. The number of nitrogens with one attached hydrogen (secondary N) is 1. The second-order valence-corrected chi connectivity index (χ2v) is 3.89. The standard InChI is InChI=1S/C14H21N/c1-5-12-9-7-8-10-13(12)14(11(3)4)15-6-2/h7-10,14-15H,3,5-6H2,1-2,4H3. The molecule has 1 atom stereocenters. The van der Waals surface area contributed by atoms with Crippen molar-refractivity contribution in [3.8, 4) is 0 Å². The molecule has 1 N–H and O–H groups in total. The summed E-state index contributed by atoms with van der Waals surface area (Å²) >= 11 is 0. The van der Waals surface area contributed by atoms with E-state index in [1.807, 2.05) is 0 Å². The van der Waals surface area contributed by atoms with E-state index in [1.165, 1.54) is 16.7 Å². The first-order valence-corrected chi connectivity index (χ1v) is 5.67. The molecular weight excluding hydrogens is 182 g/mol. The highest BCUT2D eigenvalue weighted by molar-refractivity contribution is 5.34. The lowest BCUT2D eigenvalue weighted by molar-refractivity contribution is 0.616. The molecule has 82 valence electrons. The SMILES string of the molecule is C=C(C)C(NCC)c1ccccc1CC. The number of hydrogen-bond acceptors (Lipinski definition) is 1. The van der Waals surface area contributed by atoms with Gasteiger partial charge in [-0.2, -0.15) is 0 Å². The Hall–Kier alpha value is -1.08. The molecule has 1 rings (SSSR count). The van der Waals surface area contributed by atoms with Gasteiger partial charge in [0.2, 0.25) is 0 Å². The molecule has 0 aliphatic rings. The van der Waals surface area contributed by atoms with E-state index in [1.54, 1.807) is 0 Å². The lowest BCUT2D eigenvalue weighted by Gasteiger charge is -2.21. The Kier molecular flexibility index (Phi) is 4.57. The monoisotopic (exact) mass is 203 g/mol. The molecule has 15 heavy (non-hydrogen) atoms. The van der Waals surface area contributed by atoms with Crippen molar-refractivity contribution in [3.05, 3.63) is 47.5 Å². The predicted octanol–water partition coefficient (Wildman–Crippen LogP) is 3.48. The van der Waals surface area contributed by atoms with Crippen LogP contribution in [-0.2, 0) is 6.42 Å². The van der Waals surface area contributed by atoms with E-state index < -0.39 is 0 Å². The molecule has 0 spiro atoms. The van der Waals surface area contributed by atoms with Crippen LogP contribution in [0.2, 0.25) is 0 Å². The maximum atomic E-state index is 4.06. The van der Waals surface area contributed by atoms with Crippen LogP contribution in [0, 0.1) is 0 Å². The Balaban J connectivity index is 3.04. The lowest BCUT2D eigenvalue weighted by Crippen LogP contribution is -2.22. The third-order valence-corrected chi connectivity index (χ3v) is 2.65. The molecule has 1 unspecified atom stereocenters. The molecule has 0 saturated heterocycles. The van der Waals surface area contributed by atoms with Crippen LogP contribution in [0.25, 0.3) is 0 Å². The molecule has 0 amide bonds. The van der Waals surface area contributed by atoms with E-state index in [0.29, 0.717) is 6.04 Å². The summed E-state index contributed by atoms with van der Waals surface area (Å²) in [5.74, 6) is 0. The van der Waals surface area contributed by atoms with Crippen molar-refractivity contribution in [1.29, 1.82) is 0 Å². The van der Waals surface area contributed by atoms with Crippen molar-refractivity contribution < 1.29 is 0 Å². The third kappa shape index (κ3) is 2.93. The van der Waals surface area contributed by atoms with E-state index in [2.05, 4.69) is 56.9 Å². The van der Waals surface area contributed by atoms with Crippen molar-refractivity contribution in [2.75, 3.05) is 6.54 Å². The summed E-state index contributed by atoms with van der Waals surface area (Å²) in [6.07, 6.45) is 1.07. The molecule has 1 aromatic carbocycles. The summed E-state index contributed by atoms with van der Waals surface area (Å²) in [7, 11) is 0. The van der Waals surface area contributed by atoms with Crippen molar-refractivity contribution in [1.82, 2.24) is 5.32 Å². The fourth-order valence-electron chi connectivity index (χ4n) is 1.89. The van der Waals surface area contributed by atoms with E-state index >= 15 is 0 Å². The van der Waals surface area contributed by atoms with Gasteiger partial charge in [-0.1, -0.05) is 50.3 Å². The van der Waals surface area contributed by atoms with Gasteiger partial charge in [-0.25, -0.2) is 0 Å². The number of aryl methyl sites for hydroxylation is 1. The predicted molar refractivity (Wildman–Crippen MR) is 67.1 cm³/mol. The summed E-state index contributed by atoms with van der Waals surface area (Å²) in [6, 6.07) is 8.89. The Morgan fingerprint density at radius 1 is 1.33 bits per heavy atom. The summed E-state index contributed by atoms with van der Waals surface area (Å²) in [6.45, 7) is 11.4. The highest BCUT2D eigenvalue weighted by atomic mass is 14.9. The highest BCUT2D eigenvalue weighted by Gasteiger charge is 2.13. The van der Waals surface area contributed by atoms with Crippen LogP contribution in [0.5, 0.6) is 0 Å². The van der Waals surface area contributed by atoms with Crippen molar-refractivity contribution in [2.24, 2.45) is 0 Å². The molecule has 0 aromatic heterocycles. The topological polar surface area (TPSA) is 12.0 Å². The molecule has 1 nitrogen and oxygen atoms in total. The van der Waals surface area contributed by atoms with Crippen LogP contribution in [-0.4, -0.2) is 6.54 Å². The smallest absolute Gasteiger partial charge is 0.0533 e. The Labute approximate surface area is 93.2 Å². The van der Waals surface area contributed by atoms with Gasteiger partial charge in [0.15, 0.2) is 0 Å². The Morgan fingerprint density at radius 3 is 2.53 bits per heavy atom. The zero-order chi connectivity index (χ0) is 11.3. The van der Waals surface area contributed by atoms with Crippen LogP contribution >= 0.6 is 0 Å². The normalized spacial score (nSPS) is 12.5. The van der Waals surface area contributed by atoms with Gasteiger partial charge < -0.3 is 5.32 Å². The summed E-state index contributed by atoms with van der Waals surface area (Å²) in [4.78, 5) is 0. The average molecular weight is 203 g/mol. The van der Waals surface area contributed by atoms with Gasteiger partial charge in [-0.3, -0.25) is 0 Å². The average Bonchev–Trinajstić information content (AvgIpc) is 2.25. The molecule has 1 aromatic rings. The van der Waals surface area contributed by atoms with E-state index in [4.69, 9.17) is 0 Å². The van der Waals surface area contributed by atoms with Crippen molar-refractivity contribution in [2.45, 2.75) is 33.2 Å². The van der Waals surface area contributed by atoms with Crippen LogP contribution in [0.15, 0.2) is 36.4 Å². The second kappa shape index (κ2) is 5.72. The number of likely N-dealkylation sites (N-methyl/N-ethyl adjacent to an activating group) is 1. The number of rotatable bonds is 5. The first-order chi connectivity index (χ1) is 7.20. The molecule has 1 heteroatoms. The van der Waals surface area contributed by atoms with E-state index in [9.17, 15) is 0 Å². The molecule has 0 heterocycles. The molecule has 0 aliphatic heterocycles. The Morgan fingerprint density at radius 2 is 2.00 bits per heavy atom. The first kappa shape index (κ1) is 12.0. The van der Waals surface area contributed by atoms with Crippen LogP contribution in [0.3, 0.4) is 0 Å². The minimum atomic E-state index is 0.297. The molecule has 0 fully saturated rings. The summed E-state index contributed by atoms with van der Waals surface area (Å²) in [5.41, 5.74) is 3.96. The zero-order valence-electron chi connectivity index (χ0n) is 10.0. The summed E-state index contributed by atoms with van der Waals surface area (Å²) < 4.78 is 0. The summed E-state index contributed by atoms with van der Waals surface area (Å²) in [5, 5.41) is 3.47. The van der Waals surface area contributed by atoms with Gasteiger partial charge in [0, 0.05) is 0 Å². The largest absolute Gasteiger partial charge is 0.307 e. The molecule has 0 bridgehead atoms. The van der Waals surface area contributed by atoms with E-state index in [0.717, 1.165) is 13.0 Å². The maximum Gasteiger partial charge on any atom is 0.0533 e. The molecule has 0 saturated carbocycles. The highest BCUT2D eigenvalue weighted by Crippen LogP contribution is 2.23. The Bertz CT molecular complexity index is 328. The van der Waals surface area contributed by atoms with Gasteiger partial charge >= 0.3 is 0 Å². The maximum absolute atomic E-state index is 4.06. The zero-order valence-corrected chi connectivity index (χ0v) is 10.0. The van der Waals surface area contributed by atoms with Gasteiger partial charge in [-0.05, 0) is 31.0 Å². The van der Waals surface area contributed by atoms with Crippen LogP contribution in [0.1, 0.15) is 37.9 Å². The fourth-order valence-corrected chi connectivity index (χ4v) is 1.89. The minimum absolute atomic E-state index is 0.297. The number of hydrogen-bond donors (Lipinski definition) is 1. The third-order valence-electron chi connectivity index (χ3n) is 2.65. The van der Waals surface area contributed by atoms with Gasteiger partial charge in [0.1, 0.15) is 0 Å². The molecule has 0 aliphatic carbocycles. The van der Waals surface area contributed by atoms with Crippen molar-refractivity contribution >= 4 is 0 Å². The fraction of sp³-hybridized carbons (Fsp3) is 0.429. The van der Waals surface area contributed by atoms with Crippen LogP contribution in [0.4, 0.5) is 0 Å². The van der Waals surface area contributed by atoms with Gasteiger partial charge in [0.25, 0.3) is 0 Å². The lowest BCUT2D eigenvalue weighted by atomic mass is 9.94. The molecule has 0 radical (unpaired) electrons.